The number of nitrogens with zero attached hydrogens (tertiary/aromatic N) is 1. The molecule has 2 atom stereocenters. The maximum Gasteiger partial charge on any atom is 0.312 e. The SMILES string of the molecule is O=C(O)[C@@]1(Cc2ccccc2)CCN(Cc2cccc(O)c2Cl)C[C@@H]1O. The quantitative estimate of drug-likeness (QED) is 0.748. The second kappa shape index (κ2) is 7.66. The van der Waals surface area contributed by atoms with Crippen LogP contribution in [-0.2, 0) is 17.8 Å². The standard InChI is InChI=1S/C20H22ClNO4/c21-18-15(7-4-8-16(18)23)12-22-10-9-20(19(25)26,17(24)13-22)11-14-5-2-1-3-6-14/h1-8,17,23-24H,9-13H2,(H,25,26)/t17-,20+/m0/s1. The van der Waals surface area contributed by atoms with Crippen LogP contribution in [0.25, 0.3) is 0 Å². The number of hydrogen-bond acceptors (Lipinski definition) is 4. The van der Waals surface area contributed by atoms with Gasteiger partial charge in [-0.25, -0.2) is 0 Å². The Morgan fingerprint density at radius 1 is 1.19 bits per heavy atom. The number of hydrogen-bond donors (Lipinski definition) is 3. The minimum atomic E-state index is -1.19. The fraction of sp³-hybridized carbons (Fsp3) is 0.350. The molecule has 1 aliphatic rings. The number of likely N-dealkylation sites (tertiary alicyclic amines) is 1. The Morgan fingerprint density at radius 2 is 1.92 bits per heavy atom. The number of aliphatic hydroxyl groups excluding tert-OH is 1. The zero-order valence-corrected chi connectivity index (χ0v) is 15.1. The van der Waals surface area contributed by atoms with Crippen LogP contribution >= 0.6 is 11.6 Å². The first-order chi connectivity index (χ1) is 12.4. The Balaban J connectivity index is 1.75. The van der Waals surface area contributed by atoms with Crippen LogP contribution in [0, 0.1) is 5.41 Å². The minimum Gasteiger partial charge on any atom is -0.506 e. The van der Waals surface area contributed by atoms with Crippen molar-refractivity contribution in [2.75, 3.05) is 13.1 Å². The highest BCUT2D eigenvalue weighted by Gasteiger charge is 2.48. The van der Waals surface area contributed by atoms with E-state index in [2.05, 4.69) is 0 Å². The van der Waals surface area contributed by atoms with Crippen molar-refractivity contribution < 1.29 is 20.1 Å². The molecule has 1 heterocycles. The van der Waals surface area contributed by atoms with Crippen molar-refractivity contribution in [1.82, 2.24) is 4.90 Å². The van der Waals surface area contributed by atoms with E-state index in [1.54, 1.807) is 6.07 Å². The molecule has 2 aromatic carbocycles. The van der Waals surface area contributed by atoms with E-state index in [1.165, 1.54) is 6.07 Å². The summed E-state index contributed by atoms with van der Waals surface area (Å²) in [6.07, 6.45) is -0.357. The van der Waals surface area contributed by atoms with E-state index >= 15 is 0 Å². The van der Waals surface area contributed by atoms with E-state index in [4.69, 9.17) is 11.6 Å². The lowest BCUT2D eigenvalue weighted by Crippen LogP contribution is -2.55. The fourth-order valence-corrected chi connectivity index (χ4v) is 3.78. The normalized spacial score (nSPS) is 23.7. The van der Waals surface area contributed by atoms with Gasteiger partial charge in [-0.1, -0.05) is 54.1 Å². The minimum absolute atomic E-state index is 0.0192. The Labute approximate surface area is 157 Å². The van der Waals surface area contributed by atoms with Crippen LogP contribution in [0.3, 0.4) is 0 Å². The summed E-state index contributed by atoms with van der Waals surface area (Å²) in [6.45, 7) is 1.22. The number of benzene rings is 2. The van der Waals surface area contributed by atoms with Gasteiger partial charge in [0, 0.05) is 13.1 Å². The van der Waals surface area contributed by atoms with Crippen LogP contribution in [-0.4, -0.2) is 45.4 Å². The molecule has 0 bridgehead atoms. The van der Waals surface area contributed by atoms with Crippen LogP contribution in [0.15, 0.2) is 48.5 Å². The summed E-state index contributed by atoms with van der Waals surface area (Å²) in [7, 11) is 0. The number of carboxylic acid groups (broad SMARTS) is 1. The van der Waals surface area contributed by atoms with Gasteiger partial charge in [0.2, 0.25) is 0 Å². The highest BCUT2D eigenvalue weighted by molar-refractivity contribution is 6.32. The highest BCUT2D eigenvalue weighted by atomic mass is 35.5. The van der Waals surface area contributed by atoms with Gasteiger partial charge < -0.3 is 15.3 Å². The summed E-state index contributed by atoms with van der Waals surface area (Å²) in [5, 5.41) is 30.6. The number of carboxylic acids is 1. The summed E-state index contributed by atoms with van der Waals surface area (Å²) >= 11 is 6.13. The molecule has 3 N–H and O–H groups in total. The van der Waals surface area contributed by atoms with Crippen molar-refractivity contribution in [3.8, 4) is 5.75 Å². The zero-order chi connectivity index (χ0) is 18.7. The van der Waals surface area contributed by atoms with Gasteiger partial charge in [0.1, 0.15) is 11.2 Å². The molecule has 0 aromatic heterocycles. The third-order valence-electron chi connectivity index (χ3n) is 5.18. The molecule has 1 fully saturated rings. The number of β-amino-alcohol motifs (C(OH)–C–C–N with tert-alkyl or cyclic N) is 1. The molecule has 1 saturated heterocycles. The van der Waals surface area contributed by atoms with Gasteiger partial charge in [0.15, 0.2) is 0 Å². The predicted molar refractivity (Wildman–Crippen MR) is 99.2 cm³/mol. The number of halogens is 1. The van der Waals surface area contributed by atoms with Gasteiger partial charge in [-0.2, -0.15) is 0 Å². The summed E-state index contributed by atoms with van der Waals surface area (Å²) in [6, 6.07) is 14.5. The molecule has 6 heteroatoms. The van der Waals surface area contributed by atoms with Gasteiger partial charge in [-0.05, 0) is 36.6 Å². The van der Waals surface area contributed by atoms with Crippen molar-refractivity contribution in [1.29, 1.82) is 0 Å². The lowest BCUT2D eigenvalue weighted by atomic mass is 9.71. The van der Waals surface area contributed by atoms with Crippen LogP contribution in [0.5, 0.6) is 5.75 Å². The van der Waals surface area contributed by atoms with Gasteiger partial charge in [-0.15, -0.1) is 0 Å². The van der Waals surface area contributed by atoms with E-state index < -0.39 is 17.5 Å². The number of aromatic hydroxyl groups is 1. The lowest BCUT2D eigenvalue weighted by Gasteiger charge is -2.43. The second-order valence-electron chi connectivity index (χ2n) is 6.87. The molecule has 0 amide bonds. The Morgan fingerprint density at radius 3 is 2.58 bits per heavy atom. The van der Waals surface area contributed by atoms with E-state index in [1.807, 2.05) is 41.3 Å². The lowest BCUT2D eigenvalue weighted by molar-refractivity contribution is -0.163. The average Bonchev–Trinajstić information content (AvgIpc) is 2.62. The zero-order valence-electron chi connectivity index (χ0n) is 14.3. The molecule has 0 saturated carbocycles. The number of phenols is 1. The molecule has 138 valence electrons. The van der Waals surface area contributed by atoms with Crippen LogP contribution in [0.2, 0.25) is 5.02 Å². The van der Waals surface area contributed by atoms with Crippen molar-refractivity contribution in [2.24, 2.45) is 5.41 Å². The van der Waals surface area contributed by atoms with Crippen LogP contribution in [0.1, 0.15) is 17.5 Å². The van der Waals surface area contributed by atoms with Crippen molar-refractivity contribution in [2.45, 2.75) is 25.5 Å². The maximum absolute atomic E-state index is 12.0. The molecular formula is C20H22ClNO4. The molecule has 0 radical (unpaired) electrons. The molecule has 1 aliphatic heterocycles. The Hall–Kier alpha value is -2.08. The van der Waals surface area contributed by atoms with Crippen molar-refractivity contribution in [3.05, 3.63) is 64.7 Å². The average molecular weight is 376 g/mol. The smallest absolute Gasteiger partial charge is 0.312 e. The number of phenolic OH excluding ortho intramolecular Hbond substituents is 1. The van der Waals surface area contributed by atoms with Gasteiger partial charge in [0.25, 0.3) is 0 Å². The van der Waals surface area contributed by atoms with E-state index in [-0.39, 0.29) is 12.3 Å². The number of aliphatic hydroxyl groups is 1. The summed E-state index contributed by atoms with van der Waals surface area (Å²) in [4.78, 5) is 14.0. The fourth-order valence-electron chi connectivity index (χ4n) is 3.60. The topological polar surface area (TPSA) is 81.0 Å². The van der Waals surface area contributed by atoms with E-state index in [0.29, 0.717) is 31.0 Å². The Kier molecular flexibility index (Phi) is 5.51. The molecule has 3 rings (SSSR count). The molecule has 0 unspecified atom stereocenters. The summed E-state index contributed by atoms with van der Waals surface area (Å²) in [5.74, 6) is -0.949. The monoisotopic (exact) mass is 375 g/mol. The molecule has 26 heavy (non-hydrogen) atoms. The highest BCUT2D eigenvalue weighted by Crippen LogP contribution is 2.37. The number of carbonyl (C=O) groups is 1. The first-order valence-corrected chi connectivity index (χ1v) is 8.94. The predicted octanol–water partition coefficient (Wildman–Crippen LogP) is 2.93. The first kappa shape index (κ1) is 18.7. The Bertz CT molecular complexity index is 783. The summed E-state index contributed by atoms with van der Waals surface area (Å²) in [5.41, 5.74) is 0.462. The second-order valence-corrected chi connectivity index (χ2v) is 7.25. The first-order valence-electron chi connectivity index (χ1n) is 8.56. The number of rotatable bonds is 5. The molecule has 5 nitrogen and oxygen atoms in total. The molecule has 0 spiro atoms. The molecule has 0 aliphatic carbocycles. The van der Waals surface area contributed by atoms with Crippen molar-refractivity contribution >= 4 is 17.6 Å². The molecular weight excluding hydrogens is 354 g/mol. The van der Waals surface area contributed by atoms with Gasteiger partial charge in [0.05, 0.1) is 11.1 Å². The maximum atomic E-state index is 12.0. The van der Waals surface area contributed by atoms with E-state index in [9.17, 15) is 20.1 Å². The van der Waals surface area contributed by atoms with Crippen LogP contribution in [0.4, 0.5) is 0 Å². The van der Waals surface area contributed by atoms with Gasteiger partial charge >= 0.3 is 5.97 Å². The molecule has 2 aromatic rings. The van der Waals surface area contributed by atoms with Crippen LogP contribution < -0.4 is 0 Å². The summed E-state index contributed by atoms with van der Waals surface area (Å²) < 4.78 is 0. The van der Waals surface area contributed by atoms with Crippen molar-refractivity contribution in [3.63, 3.8) is 0 Å². The van der Waals surface area contributed by atoms with Gasteiger partial charge in [-0.3, -0.25) is 9.69 Å². The third-order valence-corrected chi connectivity index (χ3v) is 5.62. The largest absolute Gasteiger partial charge is 0.506 e. The van der Waals surface area contributed by atoms with E-state index in [0.717, 1.165) is 11.1 Å². The number of aliphatic carboxylic acids is 1. The third kappa shape index (κ3) is 3.70. The number of piperidine rings is 1.